The summed E-state index contributed by atoms with van der Waals surface area (Å²) in [6.45, 7) is 0. The normalized spacial score (nSPS) is 16.6. The standard InChI is InChI=1S/C14H7Cl2NO2S2/c15-8-3-7(4-9(16)5-8)11-2-1-10(19-11)6-12-13(20)17-14(18)21-12/h1-6H,(H,17,18,20)/b12-6-. The fourth-order valence-corrected chi connectivity index (χ4v) is 3.37. The number of halogens is 2. The topological polar surface area (TPSA) is 42.2 Å². The molecule has 3 rings (SSSR count). The minimum absolute atomic E-state index is 0.181. The third-order valence-corrected chi connectivity index (χ3v) is 4.41. The van der Waals surface area contributed by atoms with Gasteiger partial charge in [-0.3, -0.25) is 4.79 Å². The van der Waals surface area contributed by atoms with E-state index in [0.717, 1.165) is 17.3 Å². The number of furan rings is 1. The third kappa shape index (κ3) is 3.32. The molecule has 1 saturated heterocycles. The number of nitrogens with one attached hydrogen (secondary N) is 1. The van der Waals surface area contributed by atoms with Crippen LogP contribution in [0.3, 0.4) is 0 Å². The molecule has 1 aliphatic heterocycles. The highest BCUT2D eigenvalue weighted by Gasteiger charge is 2.22. The molecule has 7 heteroatoms. The van der Waals surface area contributed by atoms with Crippen LogP contribution in [0.15, 0.2) is 39.7 Å². The first-order valence-corrected chi connectivity index (χ1v) is 7.80. The average Bonchev–Trinajstić information content (AvgIpc) is 2.96. The monoisotopic (exact) mass is 355 g/mol. The molecule has 21 heavy (non-hydrogen) atoms. The van der Waals surface area contributed by atoms with E-state index in [1.54, 1.807) is 30.3 Å². The molecular weight excluding hydrogens is 349 g/mol. The molecule has 2 aromatic rings. The summed E-state index contributed by atoms with van der Waals surface area (Å²) < 4.78 is 5.72. The van der Waals surface area contributed by atoms with Crippen LogP contribution in [0.4, 0.5) is 4.79 Å². The first kappa shape index (κ1) is 14.7. The lowest BCUT2D eigenvalue weighted by Gasteiger charge is -1.99. The smallest absolute Gasteiger partial charge is 0.289 e. The summed E-state index contributed by atoms with van der Waals surface area (Å²) in [5.41, 5.74) is 0.785. The molecule has 3 nitrogen and oxygen atoms in total. The lowest BCUT2D eigenvalue weighted by molar-refractivity contribution is 0.265. The van der Waals surface area contributed by atoms with E-state index >= 15 is 0 Å². The second-order valence-electron chi connectivity index (χ2n) is 4.21. The van der Waals surface area contributed by atoms with E-state index < -0.39 is 0 Å². The predicted molar refractivity (Wildman–Crippen MR) is 90.9 cm³/mol. The van der Waals surface area contributed by atoms with Gasteiger partial charge in [0, 0.05) is 15.6 Å². The van der Waals surface area contributed by atoms with Crippen molar-refractivity contribution in [1.29, 1.82) is 0 Å². The molecule has 1 N–H and O–H groups in total. The second kappa shape index (κ2) is 5.85. The van der Waals surface area contributed by atoms with Crippen LogP contribution >= 0.6 is 47.2 Å². The zero-order valence-corrected chi connectivity index (χ0v) is 13.5. The van der Waals surface area contributed by atoms with Crippen molar-refractivity contribution in [3.05, 3.63) is 51.0 Å². The first-order chi connectivity index (χ1) is 10.0. The highest BCUT2D eigenvalue weighted by atomic mass is 35.5. The minimum Gasteiger partial charge on any atom is -0.457 e. The summed E-state index contributed by atoms with van der Waals surface area (Å²) in [6.07, 6.45) is 1.72. The highest BCUT2D eigenvalue weighted by Crippen LogP contribution is 2.31. The molecule has 0 spiro atoms. The van der Waals surface area contributed by atoms with Crippen LogP contribution in [0.5, 0.6) is 0 Å². The third-order valence-electron chi connectivity index (χ3n) is 2.69. The zero-order chi connectivity index (χ0) is 15.0. The van der Waals surface area contributed by atoms with Crippen LogP contribution in [0.1, 0.15) is 5.76 Å². The number of hydrogen-bond donors (Lipinski definition) is 1. The van der Waals surface area contributed by atoms with E-state index in [1.165, 1.54) is 0 Å². The van der Waals surface area contributed by atoms with Crippen LogP contribution in [0.25, 0.3) is 17.4 Å². The number of carbonyl (C=O) groups excluding carboxylic acids is 1. The zero-order valence-electron chi connectivity index (χ0n) is 10.4. The average molecular weight is 356 g/mol. The molecule has 1 fully saturated rings. The van der Waals surface area contributed by atoms with Gasteiger partial charge < -0.3 is 9.73 Å². The molecule has 1 aliphatic rings. The van der Waals surface area contributed by atoms with Crippen molar-refractivity contribution in [2.75, 3.05) is 0 Å². The van der Waals surface area contributed by atoms with E-state index in [4.69, 9.17) is 39.8 Å². The fourth-order valence-electron chi connectivity index (χ4n) is 1.83. The van der Waals surface area contributed by atoms with Crippen LogP contribution in [-0.4, -0.2) is 10.2 Å². The summed E-state index contributed by atoms with van der Waals surface area (Å²) in [5.74, 6) is 1.24. The van der Waals surface area contributed by atoms with Gasteiger partial charge in [-0.2, -0.15) is 0 Å². The van der Waals surface area contributed by atoms with Crippen molar-refractivity contribution in [3.63, 3.8) is 0 Å². The maximum atomic E-state index is 11.2. The van der Waals surface area contributed by atoms with Crippen molar-refractivity contribution in [3.8, 4) is 11.3 Å². The largest absolute Gasteiger partial charge is 0.457 e. The van der Waals surface area contributed by atoms with Crippen molar-refractivity contribution < 1.29 is 9.21 Å². The quantitative estimate of drug-likeness (QED) is 0.580. The lowest BCUT2D eigenvalue weighted by atomic mass is 10.2. The van der Waals surface area contributed by atoms with Gasteiger partial charge in [0.15, 0.2) is 0 Å². The van der Waals surface area contributed by atoms with Gasteiger partial charge in [0.25, 0.3) is 5.24 Å². The van der Waals surface area contributed by atoms with E-state index in [2.05, 4.69) is 5.32 Å². The maximum Gasteiger partial charge on any atom is 0.289 e. The number of thiocarbonyl (C=S) groups is 1. The Morgan fingerprint density at radius 1 is 1.19 bits per heavy atom. The molecule has 0 radical (unpaired) electrons. The fraction of sp³-hybridized carbons (Fsp3) is 0. The Morgan fingerprint density at radius 2 is 1.90 bits per heavy atom. The molecule has 0 atom stereocenters. The Balaban J connectivity index is 1.92. The maximum absolute atomic E-state index is 11.2. The van der Waals surface area contributed by atoms with Gasteiger partial charge in [0.05, 0.1) is 4.91 Å². The first-order valence-electron chi connectivity index (χ1n) is 5.82. The van der Waals surface area contributed by atoms with Crippen molar-refractivity contribution >= 4 is 63.5 Å². The van der Waals surface area contributed by atoms with Crippen molar-refractivity contribution in [2.24, 2.45) is 0 Å². The van der Waals surface area contributed by atoms with Crippen molar-refractivity contribution in [1.82, 2.24) is 5.32 Å². The molecule has 2 heterocycles. The van der Waals surface area contributed by atoms with Crippen LogP contribution in [0, 0.1) is 0 Å². The molecule has 0 saturated carbocycles. The van der Waals surface area contributed by atoms with Crippen LogP contribution in [-0.2, 0) is 0 Å². The Kier molecular flexibility index (Phi) is 4.08. The Labute approximate surface area is 140 Å². The van der Waals surface area contributed by atoms with Crippen molar-refractivity contribution in [2.45, 2.75) is 0 Å². The molecule has 0 aliphatic carbocycles. The summed E-state index contributed by atoms with van der Waals surface area (Å²) in [4.78, 5) is 12.3. The van der Waals surface area contributed by atoms with Gasteiger partial charge in [0.2, 0.25) is 0 Å². The number of thioether (sulfide) groups is 1. The van der Waals surface area contributed by atoms with E-state index in [1.807, 2.05) is 6.07 Å². The van der Waals surface area contributed by atoms with E-state index in [-0.39, 0.29) is 5.24 Å². The lowest BCUT2D eigenvalue weighted by Crippen LogP contribution is -2.15. The molecular formula is C14H7Cl2NO2S2. The SMILES string of the molecule is O=C1NC(=S)/C(=C/c2ccc(-c3cc(Cl)cc(Cl)c3)o2)S1. The number of rotatable bonds is 2. The highest BCUT2D eigenvalue weighted by molar-refractivity contribution is 8.19. The number of benzene rings is 1. The summed E-state index contributed by atoms with van der Waals surface area (Å²) >= 11 is 18.1. The van der Waals surface area contributed by atoms with Gasteiger partial charge in [0.1, 0.15) is 16.5 Å². The van der Waals surface area contributed by atoms with Gasteiger partial charge in [-0.15, -0.1) is 0 Å². The summed E-state index contributed by atoms with van der Waals surface area (Å²) in [5, 5.41) is 3.45. The number of carbonyl (C=O) groups is 1. The van der Waals surface area contributed by atoms with E-state index in [0.29, 0.717) is 31.5 Å². The molecule has 1 amide bonds. The Hall–Kier alpha value is -1.27. The predicted octanol–water partition coefficient (Wildman–Crippen LogP) is 5.38. The minimum atomic E-state index is -0.181. The molecule has 1 aromatic heterocycles. The molecule has 0 bridgehead atoms. The van der Waals surface area contributed by atoms with E-state index in [9.17, 15) is 4.79 Å². The summed E-state index contributed by atoms with van der Waals surface area (Å²) in [6, 6.07) is 8.80. The van der Waals surface area contributed by atoms with Gasteiger partial charge in [-0.25, -0.2) is 0 Å². The Morgan fingerprint density at radius 3 is 2.52 bits per heavy atom. The Bertz CT molecular complexity index is 763. The number of hydrogen-bond acceptors (Lipinski definition) is 4. The second-order valence-corrected chi connectivity index (χ2v) is 6.51. The van der Waals surface area contributed by atoms with Crippen LogP contribution < -0.4 is 5.32 Å². The summed E-state index contributed by atoms with van der Waals surface area (Å²) in [7, 11) is 0. The molecule has 106 valence electrons. The van der Waals surface area contributed by atoms with Gasteiger partial charge in [-0.05, 0) is 48.2 Å². The number of amides is 1. The van der Waals surface area contributed by atoms with Crippen LogP contribution in [0.2, 0.25) is 10.0 Å². The van der Waals surface area contributed by atoms with Gasteiger partial charge in [-0.1, -0.05) is 35.4 Å². The molecule has 1 aromatic carbocycles. The van der Waals surface area contributed by atoms with Gasteiger partial charge >= 0.3 is 0 Å². The molecule has 0 unspecified atom stereocenters.